The van der Waals surface area contributed by atoms with E-state index in [1.54, 1.807) is 26.4 Å². The summed E-state index contributed by atoms with van der Waals surface area (Å²) in [5.41, 5.74) is 0.408. The number of nitrogens with zero attached hydrogens (tertiary/aromatic N) is 3. The highest BCUT2D eigenvalue weighted by molar-refractivity contribution is 5.83. The van der Waals surface area contributed by atoms with Crippen LogP contribution >= 0.6 is 0 Å². The molecule has 1 saturated heterocycles. The molecule has 1 aromatic heterocycles. The summed E-state index contributed by atoms with van der Waals surface area (Å²) in [7, 11) is 5.38. The van der Waals surface area contributed by atoms with Gasteiger partial charge in [0.1, 0.15) is 23.2 Å². The van der Waals surface area contributed by atoms with Crippen molar-refractivity contribution in [3.8, 4) is 5.75 Å². The second kappa shape index (κ2) is 7.95. The number of nitrogens with one attached hydrogen (secondary N) is 1. The molecule has 25 heavy (non-hydrogen) atoms. The lowest BCUT2D eigenvalue weighted by Gasteiger charge is -2.32. The number of H-pyrrole nitrogens is 1. The minimum Gasteiger partial charge on any atom is -0.494 e. The van der Waals surface area contributed by atoms with Gasteiger partial charge < -0.3 is 24.3 Å². The van der Waals surface area contributed by atoms with Crippen molar-refractivity contribution in [1.82, 2.24) is 19.8 Å². The van der Waals surface area contributed by atoms with Gasteiger partial charge in [-0.05, 0) is 25.6 Å². The molecule has 1 N–H and O–H groups in total. The Morgan fingerprint density at radius 1 is 1.24 bits per heavy atom. The van der Waals surface area contributed by atoms with E-state index in [2.05, 4.69) is 26.8 Å². The molecule has 7 nitrogen and oxygen atoms in total. The predicted molar refractivity (Wildman–Crippen MR) is 97.2 cm³/mol. The standard InChI is InChI=1S/C18H26N4O3/c1-21-9-11-22(12-10-21)8-7-15(25-3)17-19-16-13(18(23)20-17)5-4-6-14(16)24-2/h4-6,15H,7-12H2,1-3H3,(H,19,20,23). The lowest BCUT2D eigenvalue weighted by Crippen LogP contribution is -2.45. The van der Waals surface area contributed by atoms with Crippen LogP contribution in [-0.2, 0) is 4.74 Å². The number of aromatic nitrogens is 2. The summed E-state index contributed by atoms with van der Waals surface area (Å²) in [4.78, 5) is 24.7. The highest BCUT2D eigenvalue weighted by Crippen LogP contribution is 2.24. The summed E-state index contributed by atoms with van der Waals surface area (Å²) in [6.07, 6.45) is 0.533. The molecule has 1 atom stereocenters. The number of hydrogen-bond donors (Lipinski definition) is 1. The maximum Gasteiger partial charge on any atom is 0.258 e. The van der Waals surface area contributed by atoms with Crippen molar-refractivity contribution in [2.24, 2.45) is 0 Å². The maximum atomic E-state index is 12.4. The van der Waals surface area contributed by atoms with Crippen LogP contribution < -0.4 is 10.3 Å². The van der Waals surface area contributed by atoms with E-state index in [0.29, 0.717) is 22.5 Å². The minimum absolute atomic E-state index is 0.166. The van der Waals surface area contributed by atoms with Gasteiger partial charge in [-0.2, -0.15) is 0 Å². The molecule has 1 unspecified atom stereocenters. The van der Waals surface area contributed by atoms with Crippen molar-refractivity contribution >= 4 is 10.9 Å². The molecule has 2 heterocycles. The fourth-order valence-corrected chi connectivity index (χ4v) is 3.21. The zero-order chi connectivity index (χ0) is 17.8. The number of hydrogen-bond acceptors (Lipinski definition) is 6. The Morgan fingerprint density at radius 2 is 2.00 bits per heavy atom. The molecule has 1 aliphatic rings. The van der Waals surface area contributed by atoms with E-state index in [1.165, 1.54) is 0 Å². The third kappa shape index (κ3) is 4.00. The molecule has 0 amide bonds. The largest absolute Gasteiger partial charge is 0.494 e. The summed E-state index contributed by atoms with van der Waals surface area (Å²) >= 11 is 0. The monoisotopic (exact) mass is 346 g/mol. The molecule has 136 valence electrons. The Morgan fingerprint density at radius 3 is 2.68 bits per heavy atom. The SMILES string of the molecule is COc1cccc2c(=O)[nH]c(C(CCN3CCN(C)CC3)OC)nc12. The molecule has 1 fully saturated rings. The van der Waals surface area contributed by atoms with Crippen LogP contribution in [0.1, 0.15) is 18.3 Å². The van der Waals surface area contributed by atoms with Crippen molar-refractivity contribution in [2.75, 3.05) is 54.0 Å². The highest BCUT2D eigenvalue weighted by Gasteiger charge is 2.20. The number of likely N-dealkylation sites (N-methyl/N-ethyl adjacent to an activating group) is 1. The van der Waals surface area contributed by atoms with Gasteiger partial charge in [-0.1, -0.05) is 6.07 Å². The smallest absolute Gasteiger partial charge is 0.258 e. The first-order valence-corrected chi connectivity index (χ1v) is 8.63. The predicted octanol–water partition coefficient (Wildman–Crippen LogP) is 1.26. The molecular weight excluding hydrogens is 320 g/mol. The van der Waals surface area contributed by atoms with E-state index in [4.69, 9.17) is 9.47 Å². The molecule has 0 aliphatic carbocycles. The molecule has 0 saturated carbocycles. The van der Waals surface area contributed by atoms with E-state index in [-0.39, 0.29) is 11.7 Å². The maximum absolute atomic E-state index is 12.4. The van der Waals surface area contributed by atoms with E-state index >= 15 is 0 Å². The van der Waals surface area contributed by atoms with Crippen molar-refractivity contribution in [3.05, 3.63) is 34.4 Å². The van der Waals surface area contributed by atoms with Gasteiger partial charge in [0.05, 0.1) is 12.5 Å². The van der Waals surface area contributed by atoms with Crippen molar-refractivity contribution < 1.29 is 9.47 Å². The van der Waals surface area contributed by atoms with Crippen LogP contribution in [0.25, 0.3) is 10.9 Å². The molecule has 0 radical (unpaired) electrons. The topological polar surface area (TPSA) is 70.7 Å². The summed E-state index contributed by atoms with van der Waals surface area (Å²) in [5, 5.41) is 0.525. The quantitative estimate of drug-likeness (QED) is 0.849. The number of aromatic amines is 1. The first-order valence-electron chi connectivity index (χ1n) is 8.63. The first-order chi connectivity index (χ1) is 12.1. The third-order valence-corrected chi connectivity index (χ3v) is 4.83. The van der Waals surface area contributed by atoms with Crippen LogP contribution in [0.3, 0.4) is 0 Å². The summed E-state index contributed by atoms with van der Waals surface area (Å²) < 4.78 is 11.0. The van der Waals surface area contributed by atoms with E-state index in [1.807, 2.05) is 6.07 Å². The van der Waals surface area contributed by atoms with Crippen LogP contribution in [0.4, 0.5) is 0 Å². The van der Waals surface area contributed by atoms with Crippen LogP contribution in [0.15, 0.2) is 23.0 Å². The van der Waals surface area contributed by atoms with Crippen LogP contribution in [0.2, 0.25) is 0 Å². The van der Waals surface area contributed by atoms with Crippen molar-refractivity contribution in [3.63, 3.8) is 0 Å². The normalized spacial score (nSPS) is 17.7. The fraction of sp³-hybridized carbons (Fsp3) is 0.556. The lowest BCUT2D eigenvalue weighted by atomic mass is 10.2. The van der Waals surface area contributed by atoms with Gasteiger partial charge in [-0.3, -0.25) is 4.79 Å². The molecular formula is C18H26N4O3. The van der Waals surface area contributed by atoms with Crippen molar-refractivity contribution in [2.45, 2.75) is 12.5 Å². The van der Waals surface area contributed by atoms with E-state index in [0.717, 1.165) is 39.1 Å². The second-order valence-corrected chi connectivity index (χ2v) is 6.47. The van der Waals surface area contributed by atoms with Gasteiger partial charge in [0.2, 0.25) is 0 Å². The average Bonchev–Trinajstić information content (AvgIpc) is 2.63. The Labute approximate surface area is 147 Å². The number of fused-ring (bicyclic) bond motifs is 1. The van der Waals surface area contributed by atoms with Gasteiger partial charge >= 0.3 is 0 Å². The summed E-state index contributed by atoms with van der Waals surface area (Å²) in [6.45, 7) is 5.20. The minimum atomic E-state index is -0.248. The van der Waals surface area contributed by atoms with Crippen LogP contribution in [-0.4, -0.2) is 73.8 Å². The Hall–Kier alpha value is -1.96. The fourth-order valence-electron chi connectivity index (χ4n) is 3.21. The van der Waals surface area contributed by atoms with Gasteiger partial charge in [-0.15, -0.1) is 0 Å². The second-order valence-electron chi connectivity index (χ2n) is 6.47. The summed E-state index contributed by atoms with van der Waals surface area (Å²) in [6, 6.07) is 5.35. The van der Waals surface area contributed by atoms with Crippen LogP contribution in [0.5, 0.6) is 5.75 Å². The molecule has 1 aliphatic heterocycles. The first kappa shape index (κ1) is 17.8. The highest BCUT2D eigenvalue weighted by atomic mass is 16.5. The van der Waals surface area contributed by atoms with E-state index in [9.17, 15) is 4.79 Å². The number of rotatable bonds is 6. The third-order valence-electron chi connectivity index (χ3n) is 4.83. The zero-order valence-electron chi connectivity index (χ0n) is 15.1. The Balaban J connectivity index is 1.79. The molecule has 1 aromatic carbocycles. The number of methoxy groups -OCH3 is 2. The van der Waals surface area contributed by atoms with Gasteiger partial charge in [0, 0.05) is 39.8 Å². The zero-order valence-corrected chi connectivity index (χ0v) is 15.1. The van der Waals surface area contributed by atoms with Gasteiger partial charge in [-0.25, -0.2) is 4.98 Å². The Kier molecular flexibility index (Phi) is 5.67. The molecule has 0 bridgehead atoms. The molecule has 3 rings (SSSR count). The molecule has 2 aromatic rings. The number of benzene rings is 1. The molecule has 0 spiro atoms. The van der Waals surface area contributed by atoms with Crippen LogP contribution in [0, 0.1) is 0 Å². The van der Waals surface area contributed by atoms with Gasteiger partial charge in [0.15, 0.2) is 0 Å². The lowest BCUT2D eigenvalue weighted by molar-refractivity contribution is 0.0677. The number of ether oxygens (including phenoxy) is 2. The average molecular weight is 346 g/mol. The van der Waals surface area contributed by atoms with Gasteiger partial charge in [0.25, 0.3) is 5.56 Å². The molecule has 7 heteroatoms. The summed E-state index contributed by atoms with van der Waals surface area (Å²) in [5.74, 6) is 1.15. The van der Waals surface area contributed by atoms with Crippen molar-refractivity contribution in [1.29, 1.82) is 0 Å². The number of para-hydroxylation sites is 1. The van der Waals surface area contributed by atoms with E-state index < -0.39 is 0 Å². The Bertz CT molecular complexity index is 768. The number of piperazine rings is 1.